The van der Waals surface area contributed by atoms with Crippen molar-refractivity contribution in [3.8, 4) is 5.75 Å². The number of nitrogens with zero attached hydrogens (tertiary/aromatic N) is 3. The third kappa shape index (κ3) is 4.34. The predicted molar refractivity (Wildman–Crippen MR) is 128 cm³/mol. The number of amides is 1. The summed E-state index contributed by atoms with van der Waals surface area (Å²) >= 11 is 6.34. The molecule has 0 aliphatic carbocycles. The quantitative estimate of drug-likeness (QED) is 0.448. The molecule has 34 heavy (non-hydrogen) atoms. The zero-order valence-corrected chi connectivity index (χ0v) is 19.0. The van der Waals surface area contributed by atoms with Gasteiger partial charge in [0.1, 0.15) is 12.3 Å². The minimum absolute atomic E-state index is 0.0826. The third-order valence-corrected chi connectivity index (χ3v) is 6.21. The van der Waals surface area contributed by atoms with Gasteiger partial charge in [-0.2, -0.15) is 5.10 Å². The molecule has 7 nitrogen and oxygen atoms in total. The molecule has 0 saturated heterocycles. The number of hydrogen-bond donors (Lipinski definition) is 1. The van der Waals surface area contributed by atoms with Crippen LogP contribution in [0, 0.1) is 0 Å². The zero-order chi connectivity index (χ0) is 23.7. The molecule has 3 aromatic carbocycles. The van der Waals surface area contributed by atoms with Gasteiger partial charge >= 0.3 is 5.97 Å². The molecule has 0 saturated carbocycles. The number of carboxylic acids is 1. The van der Waals surface area contributed by atoms with Crippen LogP contribution in [0.5, 0.6) is 5.75 Å². The largest absolute Gasteiger partial charge is 0.482 e. The van der Waals surface area contributed by atoms with E-state index in [0.29, 0.717) is 29.3 Å². The van der Waals surface area contributed by atoms with Crippen LogP contribution in [0.15, 0.2) is 72.9 Å². The number of rotatable bonds is 6. The van der Waals surface area contributed by atoms with Crippen LogP contribution in [0.4, 0.5) is 0 Å². The van der Waals surface area contributed by atoms with E-state index in [1.54, 1.807) is 27.8 Å². The SMILES string of the molecule is O=C(O)COc1ccc(Cl)cc1C1c2ccccc2CCN1C(=O)Cn1cc2ccccc2n1. The van der Waals surface area contributed by atoms with Crippen LogP contribution in [0.25, 0.3) is 10.9 Å². The second-order valence-corrected chi connectivity index (χ2v) is 8.62. The Bertz CT molecular complexity index is 1350. The standard InChI is InChI=1S/C26H22ClN3O4/c27-19-9-10-23(34-16-25(32)33)21(13-19)26-20-7-3-1-5-17(20)11-12-30(26)24(31)15-29-14-18-6-2-4-8-22(18)28-29/h1-10,13-14,26H,11-12,15-16H2,(H,32,33). The van der Waals surface area contributed by atoms with E-state index in [9.17, 15) is 9.59 Å². The van der Waals surface area contributed by atoms with Gasteiger partial charge in [-0.15, -0.1) is 0 Å². The van der Waals surface area contributed by atoms with Crippen molar-refractivity contribution in [1.29, 1.82) is 0 Å². The highest BCUT2D eigenvalue weighted by Gasteiger charge is 2.34. The first-order valence-corrected chi connectivity index (χ1v) is 11.3. The molecule has 0 bridgehead atoms. The summed E-state index contributed by atoms with van der Waals surface area (Å²) < 4.78 is 7.25. The second kappa shape index (κ2) is 9.19. The summed E-state index contributed by atoms with van der Waals surface area (Å²) in [6, 6.07) is 20.2. The molecule has 8 heteroatoms. The van der Waals surface area contributed by atoms with Crippen molar-refractivity contribution in [1.82, 2.24) is 14.7 Å². The minimum atomic E-state index is -1.08. The summed E-state index contributed by atoms with van der Waals surface area (Å²) in [5.41, 5.74) is 3.58. The van der Waals surface area contributed by atoms with Gasteiger partial charge in [0.15, 0.2) is 6.61 Å². The molecule has 0 spiro atoms. The molecule has 1 aliphatic rings. The number of aliphatic carboxylic acids is 1. The second-order valence-electron chi connectivity index (χ2n) is 8.19. The predicted octanol–water partition coefficient (Wildman–Crippen LogP) is 4.33. The van der Waals surface area contributed by atoms with Crippen LogP contribution < -0.4 is 4.74 Å². The Labute approximate surface area is 201 Å². The molecular weight excluding hydrogens is 454 g/mol. The van der Waals surface area contributed by atoms with E-state index in [2.05, 4.69) is 5.10 Å². The maximum absolute atomic E-state index is 13.6. The Morgan fingerprint density at radius 1 is 1.06 bits per heavy atom. The fourth-order valence-electron chi connectivity index (χ4n) is 4.50. The van der Waals surface area contributed by atoms with Gasteiger partial charge < -0.3 is 14.7 Å². The van der Waals surface area contributed by atoms with Crippen molar-refractivity contribution < 1.29 is 19.4 Å². The molecule has 0 radical (unpaired) electrons. The van der Waals surface area contributed by atoms with Crippen LogP contribution >= 0.6 is 11.6 Å². The topological polar surface area (TPSA) is 84.7 Å². The molecule has 1 N–H and O–H groups in total. The van der Waals surface area contributed by atoms with Gasteiger partial charge in [-0.25, -0.2) is 4.79 Å². The van der Waals surface area contributed by atoms with Crippen LogP contribution in [-0.4, -0.2) is 44.8 Å². The summed E-state index contributed by atoms with van der Waals surface area (Å²) in [7, 11) is 0. The van der Waals surface area contributed by atoms with Crippen LogP contribution in [0.1, 0.15) is 22.7 Å². The lowest BCUT2D eigenvalue weighted by molar-refractivity contribution is -0.139. The zero-order valence-electron chi connectivity index (χ0n) is 18.2. The third-order valence-electron chi connectivity index (χ3n) is 5.98. The van der Waals surface area contributed by atoms with Crippen molar-refractivity contribution in [2.75, 3.05) is 13.2 Å². The van der Waals surface area contributed by atoms with E-state index in [1.165, 1.54) is 0 Å². The average Bonchev–Trinajstić information content (AvgIpc) is 3.24. The van der Waals surface area contributed by atoms with Crippen molar-refractivity contribution >= 4 is 34.4 Å². The summed E-state index contributed by atoms with van der Waals surface area (Å²) in [5, 5.41) is 15.1. The van der Waals surface area contributed by atoms with E-state index < -0.39 is 18.6 Å². The Morgan fingerprint density at radius 3 is 2.68 bits per heavy atom. The minimum Gasteiger partial charge on any atom is -0.482 e. The first kappa shape index (κ1) is 22.0. The molecule has 5 rings (SSSR count). The molecule has 1 atom stereocenters. The van der Waals surface area contributed by atoms with Crippen molar-refractivity contribution in [2.24, 2.45) is 0 Å². The maximum Gasteiger partial charge on any atom is 0.341 e. The van der Waals surface area contributed by atoms with Gasteiger partial charge in [0.05, 0.1) is 11.6 Å². The number of carbonyl (C=O) groups is 2. The molecule has 2 heterocycles. The lowest BCUT2D eigenvalue weighted by Crippen LogP contribution is -2.42. The Hall–Kier alpha value is -3.84. The average molecular weight is 476 g/mol. The summed E-state index contributed by atoms with van der Waals surface area (Å²) in [4.78, 5) is 26.5. The van der Waals surface area contributed by atoms with Crippen LogP contribution in [0.2, 0.25) is 5.02 Å². The maximum atomic E-state index is 13.6. The van der Waals surface area contributed by atoms with Crippen molar-refractivity contribution in [2.45, 2.75) is 19.0 Å². The Kier molecular flexibility index (Phi) is 5.94. The van der Waals surface area contributed by atoms with Crippen molar-refractivity contribution in [3.05, 3.63) is 94.6 Å². The number of benzene rings is 3. The van der Waals surface area contributed by atoms with E-state index in [4.69, 9.17) is 21.4 Å². The number of ether oxygens (including phenoxy) is 1. The summed E-state index contributed by atoms with van der Waals surface area (Å²) in [6.07, 6.45) is 2.58. The van der Waals surface area contributed by atoms with Gasteiger partial charge in [0.2, 0.25) is 5.91 Å². The number of carboxylic acid groups (broad SMARTS) is 1. The first-order chi connectivity index (χ1) is 16.5. The molecule has 1 aliphatic heterocycles. The molecule has 172 valence electrons. The van der Waals surface area contributed by atoms with Crippen molar-refractivity contribution in [3.63, 3.8) is 0 Å². The monoisotopic (exact) mass is 475 g/mol. The fourth-order valence-corrected chi connectivity index (χ4v) is 4.68. The molecule has 0 fully saturated rings. The highest BCUT2D eigenvalue weighted by molar-refractivity contribution is 6.30. The van der Waals surface area contributed by atoms with Gasteiger partial charge in [-0.3, -0.25) is 9.48 Å². The van der Waals surface area contributed by atoms with Gasteiger partial charge in [0, 0.05) is 28.7 Å². The lowest BCUT2D eigenvalue weighted by atomic mass is 9.87. The van der Waals surface area contributed by atoms with Crippen LogP contribution in [-0.2, 0) is 22.6 Å². The van der Waals surface area contributed by atoms with Gasteiger partial charge in [0.25, 0.3) is 0 Å². The van der Waals surface area contributed by atoms with E-state index in [0.717, 1.165) is 22.0 Å². The Balaban J connectivity index is 1.54. The van der Waals surface area contributed by atoms with Gasteiger partial charge in [-0.1, -0.05) is 54.1 Å². The molecule has 1 amide bonds. The fraction of sp³-hybridized carbons (Fsp3) is 0.192. The lowest BCUT2D eigenvalue weighted by Gasteiger charge is -2.38. The number of fused-ring (bicyclic) bond motifs is 2. The summed E-state index contributed by atoms with van der Waals surface area (Å²) in [6.45, 7) is 0.0994. The van der Waals surface area contributed by atoms with E-state index in [-0.39, 0.29) is 12.5 Å². The molecular formula is C26H22ClN3O4. The smallest absolute Gasteiger partial charge is 0.341 e. The molecule has 1 aromatic heterocycles. The highest BCUT2D eigenvalue weighted by atomic mass is 35.5. The van der Waals surface area contributed by atoms with Crippen LogP contribution in [0.3, 0.4) is 0 Å². The molecule has 4 aromatic rings. The Morgan fingerprint density at radius 2 is 1.85 bits per heavy atom. The van der Waals surface area contributed by atoms with Gasteiger partial charge in [-0.05, 0) is 41.8 Å². The number of carbonyl (C=O) groups excluding carboxylic acids is 1. The van der Waals surface area contributed by atoms with E-state index in [1.807, 2.05) is 54.7 Å². The van der Waals surface area contributed by atoms with E-state index >= 15 is 0 Å². The first-order valence-electron chi connectivity index (χ1n) is 10.9. The molecule has 1 unspecified atom stereocenters. The summed E-state index contributed by atoms with van der Waals surface area (Å²) in [5.74, 6) is -0.795. The normalized spacial score (nSPS) is 15.2. The number of halogens is 1. The number of hydrogen-bond acceptors (Lipinski definition) is 4. The number of aromatic nitrogens is 2. The highest BCUT2D eigenvalue weighted by Crippen LogP contribution is 2.40.